The van der Waals surface area contributed by atoms with Crippen LogP contribution in [0.3, 0.4) is 0 Å². The van der Waals surface area contributed by atoms with Crippen molar-refractivity contribution >= 4 is 5.57 Å². The highest BCUT2D eigenvalue weighted by Crippen LogP contribution is 2.35. The van der Waals surface area contributed by atoms with Gasteiger partial charge in [-0.3, -0.25) is 4.98 Å². The molecule has 0 unspecified atom stereocenters. The Labute approximate surface area is 112 Å². The third-order valence-electron chi connectivity index (χ3n) is 3.50. The largest absolute Gasteiger partial charge is 0.392 e. The van der Waals surface area contributed by atoms with Crippen molar-refractivity contribution in [2.24, 2.45) is 0 Å². The number of pyridine rings is 1. The Morgan fingerprint density at radius 3 is 2.95 bits per heavy atom. The van der Waals surface area contributed by atoms with Gasteiger partial charge >= 0.3 is 0 Å². The molecule has 1 aromatic rings. The van der Waals surface area contributed by atoms with Gasteiger partial charge in [-0.1, -0.05) is 30.4 Å². The summed E-state index contributed by atoms with van der Waals surface area (Å²) in [5.74, 6) is 0. The Morgan fingerprint density at radius 1 is 1.32 bits per heavy atom. The Hall–Kier alpha value is -2.13. The average molecular weight is 252 g/mol. The van der Waals surface area contributed by atoms with Gasteiger partial charge < -0.3 is 10.0 Å². The number of likely N-dealkylation sites (N-methyl/N-ethyl adjacent to an activating group) is 1. The summed E-state index contributed by atoms with van der Waals surface area (Å²) in [5, 5.41) is 9.63. The topological polar surface area (TPSA) is 36.4 Å². The van der Waals surface area contributed by atoms with E-state index in [2.05, 4.69) is 28.1 Å². The summed E-state index contributed by atoms with van der Waals surface area (Å²) in [7, 11) is 2.03. The SMILES string of the molecule is CN1C=C(CO)C(c2ccccn2)=C2C=CC=C[C@@H]21. The maximum atomic E-state index is 9.63. The fraction of sp³-hybridized carbons (Fsp3) is 0.188. The van der Waals surface area contributed by atoms with Crippen LogP contribution in [-0.2, 0) is 0 Å². The number of fused-ring (bicyclic) bond motifs is 1. The lowest BCUT2D eigenvalue weighted by Gasteiger charge is -2.34. The van der Waals surface area contributed by atoms with Crippen molar-refractivity contribution in [3.63, 3.8) is 0 Å². The maximum Gasteiger partial charge on any atom is 0.0727 e. The van der Waals surface area contributed by atoms with Gasteiger partial charge in [0.25, 0.3) is 0 Å². The number of hydrogen-bond donors (Lipinski definition) is 1. The normalized spacial score (nSPS) is 21.5. The minimum atomic E-state index is 0.0179. The second kappa shape index (κ2) is 4.86. The Kier molecular flexibility index (Phi) is 3.05. The molecule has 0 spiro atoms. The summed E-state index contributed by atoms with van der Waals surface area (Å²) in [5.41, 5.74) is 4.06. The molecule has 1 aromatic heterocycles. The Bertz CT molecular complexity index is 596. The summed E-state index contributed by atoms with van der Waals surface area (Å²) >= 11 is 0. The molecule has 0 aromatic carbocycles. The van der Waals surface area contributed by atoms with Crippen LogP contribution in [0.25, 0.3) is 5.57 Å². The van der Waals surface area contributed by atoms with Gasteiger partial charge in [0, 0.05) is 30.6 Å². The lowest BCUT2D eigenvalue weighted by molar-refractivity contribution is 0.326. The zero-order valence-corrected chi connectivity index (χ0v) is 10.8. The van der Waals surface area contributed by atoms with E-state index in [0.717, 1.165) is 16.8 Å². The number of rotatable bonds is 2. The van der Waals surface area contributed by atoms with Gasteiger partial charge in [-0.25, -0.2) is 0 Å². The summed E-state index contributed by atoms with van der Waals surface area (Å²) < 4.78 is 0. The molecule has 1 N–H and O–H groups in total. The molecule has 0 saturated heterocycles. The van der Waals surface area contributed by atoms with Gasteiger partial charge in [0.1, 0.15) is 0 Å². The van der Waals surface area contributed by atoms with E-state index in [9.17, 15) is 5.11 Å². The van der Waals surface area contributed by atoms with Crippen LogP contribution in [0, 0.1) is 0 Å². The molecule has 0 radical (unpaired) electrons. The van der Waals surface area contributed by atoms with Crippen molar-refractivity contribution in [3.05, 3.63) is 71.7 Å². The van der Waals surface area contributed by atoms with Gasteiger partial charge in [-0.2, -0.15) is 0 Å². The van der Waals surface area contributed by atoms with E-state index >= 15 is 0 Å². The molecule has 19 heavy (non-hydrogen) atoms. The molecule has 1 aliphatic carbocycles. The molecule has 0 bridgehead atoms. The van der Waals surface area contributed by atoms with Crippen LogP contribution in [0.4, 0.5) is 0 Å². The van der Waals surface area contributed by atoms with E-state index in [1.807, 2.05) is 37.5 Å². The smallest absolute Gasteiger partial charge is 0.0727 e. The molecular formula is C16H16N2O. The molecular weight excluding hydrogens is 236 g/mol. The van der Waals surface area contributed by atoms with Crippen molar-refractivity contribution in [1.29, 1.82) is 0 Å². The maximum absolute atomic E-state index is 9.63. The lowest BCUT2D eigenvalue weighted by atomic mass is 9.87. The van der Waals surface area contributed by atoms with Crippen molar-refractivity contribution in [3.8, 4) is 0 Å². The quantitative estimate of drug-likeness (QED) is 0.876. The number of aliphatic hydroxyl groups is 1. The molecule has 2 aliphatic rings. The number of aliphatic hydroxyl groups excluding tert-OH is 1. The van der Waals surface area contributed by atoms with Crippen LogP contribution in [0.2, 0.25) is 0 Å². The number of hydrogen-bond acceptors (Lipinski definition) is 3. The molecule has 3 heteroatoms. The zero-order chi connectivity index (χ0) is 13.2. The first kappa shape index (κ1) is 11.9. The summed E-state index contributed by atoms with van der Waals surface area (Å²) in [6.07, 6.45) is 12.1. The van der Waals surface area contributed by atoms with E-state index in [4.69, 9.17) is 0 Å². The minimum Gasteiger partial charge on any atom is -0.392 e. The highest BCUT2D eigenvalue weighted by Gasteiger charge is 2.26. The lowest BCUT2D eigenvalue weighted by Crippen LogP contribution is -2.32. The molecule has 3 nitrogen and oxygen atoms in total. The predicted octanol–water partition coefficient (Wildman–Crippen LogP) is 2.15. The van der Waals surface area contributed by atoms with Crippen molar-refractivity contribution in [1.82, 2.24) is 9.88 Å². The third kappa shape index (κ3) is 2.02. The highest BCUT2D eigenvalue weighted by atomic mass is 16.3. The molecule has 0 amide bonds. The Balaban J connectivity index is 2.19. The fourth-order valence-corrected chi connectivity index (χ4v) is 2.64. The Morgan fingerprint density at radius 2 is 2.21 bits per heavy atom. The van der Waals surface area contributed by atoms with Gasteiger partial charge in [0.15, 0.2) is 0 Å². The van der Waals surface area contributed by atoms with Crippen LogP contribution < -0.4 is 0 Å². The second-order valence-electron chi connectivity index (χ2n) is 4.71. The van der Waals surface area contributed by atoms with Gasteiger partial charge in [0.2, 0.25) is 0 Å². The van der Waals surface area contributed by atoms with Crippen LogP contribution in [0.15, 0.2) is 66.0 Å². The van der Waals surface area contributed by atoms with Crippen molar-refractivity contribution in [2.75, 3.05) is 13.7 Å². The standard InChI is InChI=1S/C16H16N2O/c1-18-10-12(11-19)16(14-7-4-5-9-17-14)13-6-2-3-8-15(13)18/h2-10,15,19H,11H2,1H3/t15-/m0/s1. The highest BCUT2D eigenvalue weighted by molar-refractivity contribution is 5.84. The van der Waals surface area contributed by atoms with Crippen LogP contribution in [0.5, 0.6) is 0 Å². The minimum absolute atomic E-state index is 0.0179. The summed E-state index contributed by atoms with van der Waals surface area (Å²) in [6.45, 7) is 0.0179. The fourth-order valence-electron chi connectivity index (χ4n) is 2.64. The molecule has 0 saturated carbocycles. The molecule has 96 valence electrons. The number of aromatic nitrogens is 1. The monoisotopic (exact) mass is 252 g/mol. The number of nitrogens with zero attached hydrogens (tertiary/aromatic N) is 2. The molecule has 3 rings (SSSR count). The van der Waals surface area contributed by atoms with Crippen LogP contribution in [-0.4, -0.2) is 34.7 Å². The van der Waals surface area contributed by atoms with E-state index in [1.54, 1.807) is 6.20 Å². The summed E-state index contributed by atoms with van der Waals surface area (Å²) in [4.78, 5) is 6.55. The third-order valence-corrected chi connectivity index (χ3v) is 3.50. The van der Waals surface area contributed by atoms with Crippen LogP contribution in [0.1, 0.15) is 5.69 Å². The van der Waals surface area contributed by atoms with Crippen LogP contribution >= 0.6 is 0 Å². The van der Waals surface area contributed by atoms with Gasteiger partial charge in [-0.05, 0) is 17.7 Å². The predicted molar refractivity (Wildman–Crippen MR) is 76.2 cm³/mol. The molecule has 1 atom stereocenters. The number of allylic oxidation sites excluding steroid dienone is 2. The van der Waals surface area contributed by atoms with E-state index < -0.39 is 0 Å². The van der Waals surface area contributed by atoms with Gasteiger partial charge in [0.05, 0.1) is 18.3 Å². The van der Waals surface area contributed by atoms with Crippen molar-refractivity contribution < 1.29 is 5.11 Å². The first-order chi connectivity index (χ1) is 9.31. The molecule has 2 heterocycles. The van der Waals surface area contributed by atoms with E-state index in [1.165, 1.54) is 5.57 Å². The molecule has 1 aliphatic heterocycles. The summed E-state index contributed by atoms with van der Waals surface area (Å²) in [6, 6.07) is 6.08. The van der Waals surface area contributed by atoms with E-state index in [0.29, 0.717) is 0 Å². The first-order valence-electron chi connectivity index (χ1n) is 6.35. The second-order valence-corrected chi connectivity index (χ2v) is 4.71. The van der Waals surface area contributed by atoms with E-state index in [-0.39, 0.29) is 12.6 Å². The molecule has 0 fully saturated rings. The first-order valence-corrected chi connectivity index (χ1v) is 6.35. The average Bonchev–Trinajstić information content (AvgIpc) is 2.48. The van der Waals surface area contributed by atoms with Gasteiger partial charge in [-0.15, -0.1) is 0 Å². The zero-order valence-electron chi connectivity index (χ0n) is 10.8. The van der Waals surface area contributed by atoms with Crippen molar-refractivity contribution in [2.45, 2.75) is 6.04 Å².